The fraction of sp³-hybridized carbons (Fsp3) is 0.375. The highest BCUT2D eigenvalue weighted by Crippen LogP contribution is 2.17. The van der Waals surface area contributed by atoms with Crippen LogP contribution in [0.15, 0.2) is 29.6 Å². The van der Waals surface area contributed by atoms with Gasteiger partial charge < -0.3 is 10.2 Å². The Balaban J connectivity index is 1.48. The van der Waals surface area contributed by atoms with Crippen LogP contribution in [0, 0.1) is 17.0 Å². The number of nitro benzene ring substituents is 1. The van der Waals surface area contributed by atoms with Gasteiger partial charge in [0.25, 0.3) is 5.69 Å². The lowest BCUT2D eigenvalue weighted by molar-refractivity contribution is -0.384. The van der Waals surface area contributed by atoms with E-state index in [4.69, 9.17) is 0 Å². The number of hydrogen-bond donors (Lipinski definition) is 1. The quantitative estimate of drug-likeness (QED) is 0.668. The standard InChI is InChI=1S/C16H19N5O3S/c1-12-17-14(11-25-12)10-19-6-8-20(9-7-19)16(22)18-13-2-4-15(5-3-13)21(23)24/h2-5,11H,6-10H2,1H3,(H,18,22). The van der Waals surface area contributed by atoms with E-state index in [2.05, 4.69) is 20.6 Å². The molecule has 0 unspecified atom stereocenters. The Morgan fingerprint density at radius 3 is 2.52 bits per heavy atom. The number of carbonyl (C=O) groups is 1. The molecule has 0 radical (unpaired) electrons. The second-order valence-electron chi connectivity index (χ2n) is 5.86. The molecule has 0 spiro atoms. The molecule has 0 bridgehead atoms. The molecule has 2 amide bonds. The third kappa shape index (κ3) is 4.52. The number of rotatable bonds is 4. The van der Waals surface area contributed by atoms with Crippen LogP contribution >= 0.6 is 11.3 Å². The van der Waals surface area contributed by atoms with Crippen LogP contribution in [-0.4, -0.2) is 51.9 Å². The fourth-order valence-electron chi connectivity index (χ4n) is 2.69. The first kappa shape index (κ1) is 17.3. The van der Waals surface area contributed by atoms with Gasteiger partial charge in [0.05, 0.1) is 15.6 Å². The first-order valence-electron chi connectivity index (χ1n) is 7.95. The molecule has 1 fully saturated rings. The van der Waals surface area contributed by atoms with Crippen LogP contribution in [0.1, 0.15) is 10.7 Å². The topological polar surface area (TPSA) is 91.6 Å². The van der Waals surface area contributed by atoms with Crippen molar-refractivity contribution in [3.8, 4) is 0 Å². The fourth-order valence-corrected chi connectivity index (χ4v) is 3.29. The van der Waals surface area contributed by atoms with Crippen molar-refractivity contribution < 1.29 is 9.72 Å². The van der Waals surface area contributed by atoms with E-state index in [0.29, 0.717) is 18.8 Å². The molecule has 8 nitrogen and oxygen atoms in total. The van der Waals surface area contributed by atoms with Crippen molar-refractivity contribution in [1.82, 2.24) is 14.8 Å². The number of non-ortho nitro benzene ring substituents is 1. The Kier molecular flexibility index (Phi) is 5.25. The van der Waals surface area contributed by atoms with E-state index in [0.717, 1.165) is 30.3 Å². The zero-order valence-corrected chi connectivity index (χ0v) is 14.7. The highest BCUT2D eigenvalue weighted by Gasteiger charge is 2.21. The van der Waals surface area contributed by atoms with Crippen molar-refractivity contribution in [2.75, 3.05) is 31.5 Å². The molecule has 2 aromatic rings. The minimum Gasteiger partial charge on any atom is -0.322 e. The lowest BCUT2D eigenvalue weighted by Gasteiger charge is -2.34. The van der Waals surface area contributed by atoms with Crippen molar-refractivity contribution in [3.63, 3.8) is 0 Å². The monoisotopic (exact) mass is 361 g/mol. The number of piperazine rings is 1. The Labute approximate surface area is 149 Å². The normalized spacial score (nSPS) is 15.2. The number of aryl methyl sites for hydroxylation is 1. The minimum absolute atomic E-state index is 0.00360. The number of hydrogen-bond acceptors (Lipinski definition) is 6. The molecule has 0 saturated carbocycles. The number of carbonyl (C=O) groups excluding carboxylic acids is 1. The van der Waals surface area contributed by atoms with E-state index < -0.39 is 4.92 Å². The van der Waals surface area contributed by atoms with Gasteiger partial charge >= 0.3 is 6.03 Å². The Hall–Kier alpha value is -2.52. The lowest BCUT2D eigenvalue weighted by Crippen LogP contribution is -2.49. The van der Waals surface area contributed by atoms with Gasteiger partial charge in [-0.05, 0) is 19.1 Å². The van der Waals surface area contributed by atoms with E-state index in [1.165, 1.54) is 24.3 Å². The molecule has 1 saturated heterocycles. The molecule has 132 valence electrons. The third-order valence-electron chi connectivity index (χ3n) is 4.04. The zero-order chi connectivity index (χ0) is 17.8. The Bertz CT molecular complexity index is 753. The maximum atomic E-state index is 12.3. The summed E-state index contributed by atoms with van der Waals surface area (Å²) in [6.07, 6.45) is 0. The number of thiazole rings is 1. The number of aromatic nitrogens is 1. The molecule has 1 aromatic carbocycles. The van der Waals surface area contributed by atoms with Gasteiger partial charge in [-0.2, -0.15) is 0 Å². The highest BCUT2D eigenvalue weighted by molar-refractivity contribution is 7.09. The first-order chi connectivity index (χ1) is 12.0. The van der Waals surface area contributed by atoms with E-state index in [9.17, 15) is 14.9 Å². The third-order valence-corrected chi connectivity index (χ3v) is 4.86. The van der Waals surface area contributed by atoms with Gasteiger partial charge in [-0.25, -0.2) is 9.78 Å². The summed E-state index contributed by atoms with van der Waals surface area (Å²) in [4.78, 5) is 31.0. The zero-order valence-electron chi connectivity index (χ0n) is 13.8. The summed E-state index contributed by atoms with van der Waals surface area (Å²) in [5.41, 5.74) is 1.63. The predicted molar refractivity (Wildman–Crippen MR) is 95.8 cm³/mol. The van der Waals surface area contributed by atoms with Gasteiger partial charge in [-0.1, -0.05) is 0 Å². The average Bonchev–Trinajstić information content (AvgIpc) is 3.01. The number of amides is 2. The molecular weight excluding hydrogens is 342 g/mol. The van der Waals surface area contributed by atoms with Crippen LogP contribution in [0.5, 0.6) is 0 Å². The van der Waals surface area contributed by atoms with Gasteiger partial charge in [-0.15, -0.1) is 11.3 Å². The second-order valence-corrected chi connectivity index (χ2v) is 6.92. The Morgan fingerprint density at radius 1 is 1.28 bits per heavy atom. The predicted octanol–water partition coefficient (Wildman–Crippen LogP) is 2.71. The number of urea groups is 1. The molecule has 1 aromatic heterocycles. The number of benzene rings is 1. The van der Waals surface area contributed by atoms with Crippen LogP contribution in [-0.2, 0) is 6.54 Å². The van der Waals surface area contributed by atoms with Gasteiger partial charge in [0, 0.05) is 55.9 Å². The molecule has 1 aliphatic rings. The van der Waals surface area contributed by atoms with Crippen molar-refractivity contribution in [2.24, 2.45) is 0 Å². The number of nitro groups is 1. The summed E-state index contributed by atoms with van der Waals surface area (Å²) in [7, 11) is 0. The van der Waals surface area contributed by atoms with E-state index in [1.807, 2.05) is 6.92 Å². The van der Waals surface area contributed by atoms with Crippen LogP contribution in [0.2, 0.25) is 0 Å². The second kappa shape index (κ2) is 7.58. The molecule has 9 heteroatoms. The summed E-state index contributed by atoms with van der Waals surface area (Å²) in [6.45, 7) is 5.68. The Morgan fingerprint density at radius 2 is 1.96 bits per heavy atom. The number of anilines is 1. The van der Waals surface area contributed by atoms with E-state index in [1.54, 1.807) is 16.2 Å². The summed E-state index contributed by atoms with van der Waals surface area (Å²) in [5, 5.41) is 16.6. The molecule has 2 heterocycles. The van der Waals surface area contributed by atoms with Gasteiger partial charge in [0.2, 0.25) is 0 Å². The van der Waals surface area contributed by atoms with Crippen molar-refractivity contribution >= 4 is 28.7 Å². The van der Waals surface area contributed by atoms with Crippen LogP contribution in [0.3, 0.4) is 0 Å². The number of nitrogens with zero attached hydrogens (tertiary/aromatic N) is 4. The van der Waals surface area contributed by atoms with Gasteiger partial charge in [0.1, 0.15) is 0 Å². The van der Waals surface area contributed by atoms with Crippen molar-refractivity contribution in [3.05, 3.63) is 50.5 Å². The molecule has 1 aliphatic heterocycles. The molecule has 0 aliphatic carbocycles. The van der Waals surface area contributed by atoms with Crippen LogP contribution in [0.4, 0.5) is 16.2 Å². The minimum atomic E-state index is -0.464. The maximum Gasteiger partial charge on any atom is 0.321 e. The van der Waals surface area contributed by atoms with Gasteiger partial charge in [-0.3, -0.25) is 15.0 Å². The average molecular weight is 361 g/mol. The maximum absolute atomic E-state index is 12.3. The largest absolute Gasteiger partial charge is 0.322 e. The molecule has 0 atom stereocenters. The lowest BCUT2D eigenvalue weighted by atomic mass is 10.3. The molecule has 25 heavy (non-hydrogen) atoms. The highest BCUT2D eigenvalue weighted by atomic mass is 32.1. The summed E-state index contributed by atoms with van der Waals surface area (Å²) < 4.78 is 0. The van der Waals surface area contributed by atoms with Gasteiger partial charge in [0.15, 0.2) is 0 Å². The first-order valence-corrected chi connectivity index (χ1v) is 8.83. The van der Waals surface area contributed by atoms with Crippen molar-refractivity contribution in [1.29, 1.82) is 0 Å². The smallest absolute Gasteiger partial charge is 0.321 e. The van der Waals surface area contributed by atoms with Crippen LogP contribution in [0.25, 0.3) is 0 Å². The molecular formula is C16H19N5O3S. The van der Waals surface area contributed by atoms with Crippen molar-refractivity contribution in [2.45, 2.75) is 13.5 Å². The molecule has 3 rings (SSSR count). The summed E-state index contributed by atoms with van der Waals surface area (Å²) in [5.74, 6) is 0. The molecule has 1 N–H and O–H groups in total. The van der Waals surface area contributed by atoms with Crippen LogP contribution < -0.4 is 5.32 Å². The summed E-state index contributed by atoms with van der Waals surface area (Å²) in [6, 6.07) is 5.65. The number of nitrogens with one attached hydrogen (secondary N) is 1. The SMILES string of the molecule is Cc1nc(CN2CCN(C(=O)Nc3ccc([N+](=O)[O-])cc3)CC2)cs1. The van der Waals surface area contributed by atoms with E-state index in [-0.39, 0.29) is 11.7 Å². The van der Waals surface area contributed by atoms with E-state index >= 15 is 0 Å². The summed E-state index contributed by atoms with van der Waals surface area (Å²) >= 11 is 1.65.